The number of hydrogen-bond acceptors (Lipinski definition) is 7. The van der Waals surface area contributed by atoms with Crippen molar-refractivity contribution >= 4 is 55.7 Å². The Morgan fingerprint density at radius 2 is 1.90 bits per heavy atom. The van der Waals surface area contributed by atoms with E-state index < -0.39 is 0 Å². The van der Waals surface area contributed by atoms with Gasteiger partial charge in [-0.3, -0.25) is 14.2 Å². The summed E-state index contributed by atoms with van der Waals surface area (Å²) < 4.78 is 13.2. The molecule has 3 aromatic carbocycles. The van der Waals surface area contributed by atoms with E-state index in [-0.39, 0.29) is 22.8 Å². The van der Waals surface area contributed by atoms with Crippen molar-refractivity contribution < 1.29 is 14.3 Å². The van der Waals surface area contributed by atoms with Crippen molar-refractivity contribution in [2.24, 2.45) is 0 Å². The van der Waals surface area contributed by atoms with Gasteiger partial charge in [0.1, 0.15) is 10.6 Å². The van der Waals surface area contributed by atoms with Gasteiger partial charge in [0, 0.05) is 22.4 Å². The number of thiophene rings is 1. The first-order chi connectivity index (χ1) is 19.3. The Hall–Kier alpha value is -3.66. The first kappa shape index (κ1) is 26.6. The summed E-state index contributed by atoms with van der Waals surface area (Å²) >= 11 is 2.74. The summed E-state index contributed by atoms with van der Waals surface area (Å²) in [6.45, 7) is 7.02. The topological polar surface area (TPSA) is 82.5 Å². The monoisotopic (exact) mass is 571 g/mol. The molecular weight excluding hydrogens is 542 g/mol. The van der Waals surface area contributed by atoms with Gasteiger partial charge in [0.2, 0.25) is 5.91 Å². The van der Waals surface area contributed by atoms with Gasteiger partial charge in [0.25, 0.3) is 5.56 Å². The zero-order valence-corrected chi connectivity index (χ0v) is 24.2. The quantitative estimate of drug-likeness (QED) is 0.176. The molecule has 0 unspecified atom stereocenters. The van der Waals surface area contributed by atoms with Crippen LogP contribution < -0.4 is 15.6 Å². The van der Waals surface area contributed by atoms with Gasteiger partial charge in [-0.1, -0.05) is 48.2 Å². The molecule has 3 heterocycles. The predicted molar refractivity (Wildman–Crippen MR) is 162 cm³/mol. The Morgan fingerprint density at radius 3 is 2.70 bits per heavy atom. The van der Waals surface area contributed by atoms with Crippen LogP contribution in [0.25, 0.3) is 26.7 Å². The van der Waals surface area contributed by atoms with E-state index in [2.05, 4.69) is 5.32 Å². The number of nitrogens with zero attached hydrogens (tertiary/aromatic N) is 2. The van der Waals surface area contributed by atoms with Crippen molar-refractivity contribution in [2.75, 3.05) is 17.7 Å². The number of fused-ring (bicyclic) bond motifs is 4. The van der Waals surface area contributed by atoms with Crippen LogP contribution >= 0.6 is 23.1 Å². The Bertz CT molecular complexity index is 1790. The summed E-state index contributed by atoms with van der Waals surface area (Å²) in [4.78, 5) is 33.9. The number of carbonyl (C=O) groups excluding carboxylic acids is 1. The van der Waals surface area contributed by atoms with Crippen molar-refractivity contribution in [1.29, 1.82) is 0 Å². The summed E-state index contributed by atoms with van der Waals surface area (Å²) in [6.07, 6.45) is 0.641. The molecule has 6 rings (SSSR count). The van der Waals surface area contributed by atoms with Crippen molar-refractivity contribution in [3.63, 3.8) is 0 Å². The van der Waals surface area contributed by atoms with Crippen LogP contribution in [-0.4, -0.2) is 33.4 Å². The molecule has 1 aliphatic rings. The molecule has 40 heavy (non-hydrogen) atoms. The average molecular weight is 572 g/mol. The lowest BCUT2D eigenvalue weighted by atomic mass is 9.94. The number of amides is 1. The van der Waals surface area contributed by atoms with E-state index >= 15 is 0 Å². The number of benzene rings is 3. The summed E-state index contributed by atoms with van der Waals surface area (Å²) in [6, 6.07) is 21.2. The minimum absolute atomic E-state index is 0.0967. The van der Waals surface area contributed by atoms with Crippen LogP contribution in [0, 0.1) is 0 Å². The number of ether oxygens (including phenoxy) is 2. The Morgan fingerprint density at radius 1 is 1.12 bits per heavy atom. The molecule has 0 atom stereocenters. The first-order valence-electron chi connectivity index (χ1n) is 13.2. The van der Waals surface area contributed by atoms with Crippen LogP contribution in [0.15, 0.2) is 76.7 Å². The second-order valence-electron chi connectivity index (χ2n) is 10.2. The Labute approximate surface area is 240 Å². The normalized spacial score (nSPS) is 14.3. The first-order valence-corrected chi connectivity index (χ1v) is 15.0. The number of nitrogens with one attached hydrogen (secondary N) is 1. The molecule has 0 saturated heterocycles. The van der Waals surface area contributed by atoms with Crippen molar-refractivity contribution in [2.45, 2.75) is 44.6 Å². The largest absolute Gasteiger partial charge is 0.494 e. The van der Waals surface area contributed by atoms with Crippen LogP contribution in [0.2, 0.25) is 0 Å². The molecule has 2 aromatic heterocycles. The predicted octanol–water partition coefficient (Wildman–Crippen LogP) is 6.58. The maximum atomic E-state index is 14.1. The maximum Gasteiger partial charge on any atom is 0.267 e. The fourth-order valence-corrected chi connectivity index (χ4v) is 6.96. The lowest BCUT2D eigenvalue weighted by molar-refractivity contribution is -0.113. The lowest BCUT2D eigenvalue weighted by Gasteiger charge is -2.29. The van der Waals surface area contributed by atoms with Crippen molar-refractivity contribution in [1.82, 2.24) is 9.55 Å². The van der Waals surface area contributed by atoms with Gasteiger partial charge in [-0.2, -0.15) is 0 Å². The molecule has 7 nitrogen and oxygen atoms in total. The van der Waals surface area contributed by atoms with Crippen LogP contribution in [0.3, 0.4) is 0 Å². The number of thioether (sulfide) groups is 1. The van der Waals surface area contributed by atoms with E-state index in [1.54, 1.807) is 4.57 Å². The van der Waals surface area contributed by atoms with Crippen LogP contribution in [0.4, 0.5) is 5.69 Å². The van der Waals surface area contributed by atoms with Crippen molar-refractivity contribution in [3.05, 3.63) is 87.5 Å². The molecule has 0 aliphatic carbocycles. The molecule has 9 heteroatoms. The van der Waals surface area contributed by atoms with E-state index in [0.717, 1.165) is 32.6 Å². The highest BCUT2D eigenvalue weighted by molar-refractivity contribution is 7.99. The molecule has 1 amide bonds. The maximum absolute atomic E-state index is 14.1. The Kier molecular flexibility index (Phi) is 7.12. The molecule has 0 bridgehead atoms. The van der Waals surface area contributed by atoms with E-state index in [9.17, 15) is 9.59 Å². The van der Waals surface area contributed by atoms with E-state index in [1.807, 2.05) is 87.5 Å². The van der Waals surface area contributed by atoms with E-state index in [4.69, 9.17) is 14.5 Å². The lowest BCUT2D eigenvalue weighted by Crippen LogP contribution is -2.32. The number of hydrogen-bond donors (Lipinski definition) is 1. The van der Waals surface area contributed by atoms with Gasteiger partial charge in [-0.05, 0) is 62.1 Å². The van der Waals surface area contributed by atoms with Gasteiger partial charge in [0.05, 0.1) is 35.6 Å². The Balaban J connectivity index is 1.37. The summed E-state index contributed by atoms with van der Waals surface area (Å²) in [7, 11) is 0. The van der Waals surface area contributed by atoms with Crippen LogP contribution in [0.1, 0.15) is 31.2 Å². The molecule has 1 N–H and O–H groups in total. The molecule has 1 aliphatic heterocycles. The van der Waals surface area contributed by atoms with Gasteiger partial charge in [-0.25, -0.2) is 4.98 Å². The molecule has 0 spiro atoms. The number of rotatable bonds is 7. The van der Waals surface area contributed by atoms with Crippen LogP contribution in [-0.2, 0) is 22.6 Å². The zero-order valence-electron chi connectivity index (χ0n) is 22.5. The second kappa shape index (κ2) is 10.7. The van der Waals surface area contributed by atoms with Crippen molar-refractivity contribution in [3.8, 4) is 11.4 Å². The summed E-state index contributed by atoms with van der Waals surface area (Å²) in [5, 5.41) is 6.16. The molecule has 0 fully saturated rings. The van der Waals surface area contributed by atoms with Gasteiger partial charge in [-0.15, -0.1) is 11.3 Å². The summed E-state index contributed by atoms with van der Waals surface area (Å²) in [5.74, 6) is 0.651. The highest BCUT2D eigenvalue weighted by atomic mass is 32.2. The van der Waals surface area contributed by atoms with E-state index in [0.29, 0.717) is 40.7 Å². The average Bonchev–Trinajstić information content (AvgIpc) is 3.30. The summed E-state index contributed by atoms with van der Waals surface area (Å²) in [5.41, 5.74) is 1.94. The molecular formula is C31H29N3O4S2. The SMILES string of the molecule is CCOc1ccc(-n2c(SCC(=O)Nc3cccc4ccccc34)nc3sc4c(c3c2=O)CC(C)(C)OC4)cc1. The second-order valence-corrected chi connectivity index (χ2v) is 12.3. The van der Waals surface area contributed by atoms with Crippen LogP contribution in [0.5, 0.6) is 5.75 Å². The van der Waals surface area contributed by atoms with E-state index in [1.165, 1.54) is 23.1 Å². The third kappa shape index (κ3) is 5.12. The molecule has 0 saturated carbocycles. The standard InChI is InChI=1S/C31H29N3O4S2/c1-4-37-21-14-12-20(13-15-21)34-29(36)27-23-16-31(2,3)38-17-25(23)40-28(27)33-30(34)39-18-26(35)32-24-11-7-9-19-8-5-6-10-22(19)24/h5-15H,4,16-18H2,1-3H3,(H,32,35). The number of aromatic nitrogens is 2. The highest BCUT2D eigenvalue weighted by Crippen LogP contribution is 2.38. The third-order valence-electron chi connectivity index (χ3n) is 6.88. The highest BCUT2D eigenvalue weighted by Gasteiger charge is 2.31. The molecule has 204 valence electrons. The third-order valence-corrected chi connectivity index (χ3v) is 8.91. The molecule has 5 aromatic rings. The number of anilines is 1. The smallest absolute Gasteiger partial charge is 0.267 e. The minimum atomic E-state index is -0.357. The fourth-order valence-electron chi connectivity index (χ4n) is 5.01. The zero-order chi connectivity index (χ0) is 27.9. The van der Waals surface area contributed by atoms with Gasteiger partial charge < -0.3 is 14.8 Å². The van der Waals surface area contributed by atoms with Gasteiger partial charge in [0.15, 0.2) is 5.16 Å². The number of carbonyl (C=O) groups is 1. The molecule has 0 radical (unpaired) electrons. The fraction of sp³-hybridized carbons (Fsp3) is 0.258. The minimum Gasteiger partial charge on any atom is -0.494 e. The van der Waals surface area contributed by atoms with Gasteiger partial charge >= 0.3 is 0 Å².